The number of anilines is 2. The molecule has 4 nitrogen and oxygen atoms in total. The molecule has 0 radical (unpaired) electrons. The third kappa shape index (κ3) is 2.76. The lowest BCUT2D eigenvalue weighted by Crippen LogP contribution is -2.36. The molecule has 0 atom stereocenters. The van der Waals surface area contributed by atoms with Crippen molar-refractivity contribution in [1.29, 1.82) is 0 Å². The molecule has 1 saturated heterocycles. The zero-order chi connectivity index (χ0) is 16.5. The van der Waals surface area contributed by atoms with Gasteiger partial charge in [-0.2, -0.15) is 0 Å². The molecule has 2 heterocycles. The molecule has 1 amide bonds. The van der Waals surface area contributed by atoms with E-state index in [-0.39, 0.29) is 5.91 Å². The second-order valence-corrected chi connectivity index (χ2v) is 6.51. The number of hydrogen-bond donors (Lipinski definition) is 0. The minimum Gasteiger partial charge on any atom is -0.378 e. The Morgan fingerprint density at radius 3 is 2.50 bits per heavy atom. The van der Waals surface area contributed by atoms with Gasteiger partial charge in [-0.05, 0) is 42.3 Å². The second kappa shape index (κ2) is 6.46. The first-order valence-corrected chi connectivity index (χ1v) is 8.64. The maximum atomic E-state index is 12.9. The molecule has 0 aliphatic carbocycles. The molecule has 0 saturated carbocycles. The summed E-state index contributed by atoms with van der Waals surface area (Å²) >= 11 is 6.31. The summed E-state index contributed by atoms with van der Waals surface area (Å²) in [5.41, 5.74) is 3.83. The molecule has 2 aliphatic rings. The number of fused-ring (bicyclic) bond motifs is 1. The highest BCUT2D eigenvalue weighted by Crippen LogP contribution is 2.36. The van der Waals surface area contributed by atoms with Gasteiger partial charge in [-0.3, -0.25) is 4.79 Å². The van der Waals surface area contributed by atoms with E-state index in [0.717, 1.165) is 49.7 Å². The van der Waals surface area contributed by atoms with Crippen LogP contribution in [0.15, 0.2) is 42.5 Å². The molecule has 0 N–H and O–H groups in total. The summed E-state index contributed by atoms with van der Waals surface area (Å²) in [6.45, 7) is 3.97. The maximum Gasteiger partial charge on any atom is 0.258 e. The Kier molecular flexibility index (Phi) is 4.17. The summed E-state index contributed by atoms with van der Waals surface area (Å²) in [5, 5.41) is 0.642. The maximum absolute atomic E-state index is 12.9. The van der Waals surface area contributed by atoms with E-state index in [9.17, 15) is 4.79 Å². The third-order valence-electron chi connectivity index (χ3n) is 4.68. The predicted octanol–water partition coefficient (Wildman–Crippen LogP) is 3.38. The Bertz CT molecular complexity index is 754. The van der Waals surface area contributed by atoms with E-state index in [2.05, 4.69) is 4.90 Å². The van der Waals surface area contributed by atoms with Gasteiger partial charge in [-0.1, -0.05) is 23.7 Å². The average Bonchev–Trinajstić information content (AvgIpc) is 3.07. The van der Waals surface area contributed by atoms with Crippen molar-refractivity contribution in [2.24, 2.45) is 0 Å². The molecule has 4 rings (SSSR count). The number of hydrogen-bond acceptors (Lipinski definition) is 3. The number of rotatable bonds is 2. The Hall–Kier alpha value is -2.04. The molecule has 0 bridgehead atoms. The molecule has 0 spiro atoms. The van der Waals surface area contributed by atoms with Crippen molar-refractivity contribution < 1.29 is 9.53 Å². The summed E-state index contributed by atoms with van der Waals surface area (Å²) in [5.74, 6) is 0.00961. The van der Waals surface area contributed by atoms with Crippen molar-refractivity contribution in [2.75, 3.05) is 42.6 Å². The highest BCUT2D eigenvalue weighted by atomic mass is 35.5. The number of nitrogens with zero attached hydrogens (tertiary/aromatic N) is 2. The topological polar surface area (TPSA) is 32.8 Å². The molecule has 1 fully saturated rings. The second-order valence-electron chi connectivity index (χ2n) is 6.10. The van der Waals surface area contributed by atoms with Crippen LogP contribution in [0.3, 0.4) is 0 Å². The minimum atomic E-state index is 0.00961. The molecule has 124 valence electrons. The van der Waals surface area contributed by atoms with Crippen molar-refractivity contribution in [1.82, 2.24) is 0 Å². The van der Waals surface area contributed by atoms with Gasteiger partial charge in [-0.25, -0.2) is 0 Å². The van der Waals surface area contributed by atoms with E-state index in [1.54, 1.807) is 4.90 Å². The monoisotopic (exact) mass is 342 g/mol. The van der Waals surface area contributed by atoms with E-state index in [0.29, 0.717) is 17.1 Å². The normalized spacial score (nSPS) is 17.0. The average molecular weight is 343 g/mol. The molecule has 2 aromatic rings. The fourth-order valence-corrected chi connectivity index (χ4v) is 3.70. The van der Waals surface area contributed by atoms with Crippen LogP contribution in [0.4, 0.5) is 11.4 Å². The number of ether oxygens (including phenoxy) is 1. The smallest absolute Gasteiger partial charge is 0.258 e. The first-order chi connectivity index (χ1) is 11.7. The fraction of sp³-hybridized carbons (Fsp3) is 0.316. The molecule has 0 aromatic heterocycles. The molecule has 2 aliphatic heterocycles. The highest BCUT2D eigenvalue weighted by Gasteiger charge is 2.27. The standard InChI is InChI=1S/C19H19ClN2O2/c20-17-3-1-2-14-8-9-22(18(14)17)19(23)15-4-6-16(7-5-15)21-10-12-24-13-11-21/h1-7H,8-13H2. The number of carbonyl (C=O) groups excluding carboxylic acids is 1. The number of amides is 1. The molecule has 5 heteroatoms. The number of benzene rings is 2. The number of para-hydroxylation sites is 1. The van der Waals surface area contributed by atoms with Gasteiger partial charge in [0.1, 0.15) is 0 Å². The summed E-state index contributed by atoms with van der Waals surface area (Å²) in [6.07, 6.45) is 0.855. The van der Waals surface area contributed by atoms with Crippen LogP contribution in [0.5, 0.6) is 0 Å². The Morgan fingerprint density at radius 2 is 1.75 bits per heavy atom. The van der Waals surface area contributed by atoms with Crippen LogP contribution in [0.2, 0.25) is 5.02 Å². The van der Waals surface area contributed by atoms with E-state index in [1.165, 1.54) is 0 Å². The lowest BCUT2D eigenvalue weighted by atomic mass is 10.1. The summed E-state index contributed by atoms with van der Waals surface area (Å²) < 4.78 is 5.38. The van der Waals surface area contributed by atoms with Crippen molar-refractivity contribution in [3.8, 4) is 0 Å². The molecule has 2 aromatic carbocycles. The van der Waals surface area contributed by atoms with Gasteiger partial charge < -0.3 is 14.5 Å². The van der Waals surface area contributed by atoms with E-state index in [4.69, 9.17) is 16.3 Å². The Morgan fingerprint density at radius 1 is 1.00 bits per heavy atom. The van der Waals surface area contributed by atoms with Gasteiger partial charge in [0.2, 0.25) is 0 Å². The van der Waals surface area contributed by atoms with Crippen LogP contribution >= 0.6 is 11.6 Å². The summed E-state index contributed by atoms with van der Waals surface area (Å²) in [7, 11) is 0. The van der Waals surface area contributed by atoms with Gasteiger partial charge >= 0.3 is 0 Å². The van der Waals surface area contributed by atoms with Crippen molar-refractivity contribution in [3.05, 3.63) is 58.6 Å². The minimum absolute atomic E-state index is 0.00961. The van der Waals surface area contributed by atoms with E-state index < -0.39 is 0 Å². The lowest BCUT2D eigenvalue weighted by Gasteiger charge is -2.29. The van der Waals surface area contributed by atoms with Gasteiger partial charge in [0.05, 0.1) is 23.9 Å². The summed E-state index contributed by atoms with van der Waals surface area (Å²) in [4.78, 5) is 17.0. The summed E-state index contributed by atoms with van der Waals surface area (Å²) in [6, 6.07) is 13.7. The first-order valence-electron chi connectivity index (χ1n) is 8.26. The lowest BCUT2D eigenvalue weighted by molar-refractivity contribution is 0.0989. The largest absolute Gasteiger partial charge is 0.378 e. The predicted molar refractivity (Wildman–Crippen MR) is 96.3 cm³/mol. The molecule has 24 heavy (non-hydrogen) atoms. The number of halogens is 1. The van der Waals surface area contributed by atoms with Crippen LogP contribution in [0.1, 0.15) is 15.9 Å². The Balaban J connectivity index is 1.56. The zero-order valence-electron chi connectivity index (χ0n) is 13.4. The number of carbonyl (C=O) groups is 1. The van der Waals surface area contributed by atoms with Crippen LogP contribution in [0, 0.1) is 0 Å². The SMILES string of the molecule is O=C(c1ccc(N2CCOCC2)cc1)N1CCc2cccc(Cl)c21. The van der Waals surface area contributed by atoms with Gasteiger partial charge in [0, 0.05) is 30.9 Å². The van der Waals surface area contributed by atoms with Crippen LogP contribution in [-0.2, 0) is 11.2 Å². The van der Waals surface area contributed by atoms with E-state index >= 15 is 0 Å². The van der Waals surface area contributed by atoms with Gasteiger partial charge in [-0.15, -0.1) is 0 Å². The fourth-order valence-electron chi connectivity index (χ4n) is 3.40. The quantitative estimate of drug-likeness (QED) is 0.838. The number of morpholine rings is 1. The highest BCUT2D eigenvalue weighted by molar-refractivity contribution is 6.34. The van der Waals surface area contributed by atoms with Crippen molar-refractivity contribution in [3.63, 3.8) is 0 Å². The van der Waals surface area contributed by atoms with Crippen LogP contribution < -0.4 is 9.80 Å². The van der Waals surface area contributed by atoms with E-state index in [1.807, 2.05) is 42.5 Å². The van der Waals surface area contributed by atoms with Crippen LogP contribution in [0.25, 0.3) is 0 Å². The first kappa shape index (κ1) is 15.5. The molecular weight excluding hydrogens is 324 g/mol. The van der Waals surface area contributed by atoms with Crippen molar-refractivity contribution in [2.45, 2.75) is 6.42 Å². The third-order valence-corrected chi connectivity index (χ3v) is 4.99. The Labute approximate surface area is 146 Å². The molecular formula is C19H19ClN2O2. The van der Waals surface area contributed by atoms with Crippen molar-refractivity contribution >= 4 is 28.9 Å². The molecule has 0 unspecified atom stereocenters. The zero-order valence-corrected chi connectivity index (χ0v) is 14.1. The van der Waals surface area contributed by atoms with Gasteiger partial charge in [0.15, 0.2) is 0 Å². The van der Waals surface area contributed by atoms with Gasteiger partial charge in [0.25, 0.3) is 5.91 Å². The van der Waals surface area contributed by atoms with Crippen LogP contribution in [-0.4, -0.2) is 38.8 Å².